The number of hydrogen-bond acceptors (Lipinski definition) is 17. The van der Waals surface area contributed by atoms with Crippen molar-refractivity contribution in [2.45, 2.75) is 87.0 Å². The number of aliphatic hydroxyl groups excluding tert-OH is 5. The highest BCUT2D eigenvalue weighted by molar-refractivity contribution is 6.01. The van der Waals surface area contributed by atoms with Gasteiger partial charge in [0.25, 0.3) is 5.91 Å². The Labute approximate surface area is 319 Å². The Balaban J connectivity index is 1.35. The van der Waals surface area contributed by atoms with E-state index in [1.54, 1.807) is 12.1 Å². The van der Waals surface area contributed by atoms with Crippen LogP contribution in [0.3, 0.4) is 0 Å². The van der Waals surface area contributed by atoms with E-state index in [0.717, 1.165) is 0 Å². The van der Waals surface area contributed by atoms with Crippen LogP contribution in [0.5, 0.6) is 5.75 Å². The molecule has 3 aliphatic rings. The maximum Gasteiger partial charge on any atom is 0.268 e. The largest absolute Gasteiger partial charge is 0.475 e. The molecule has 1 aromatic rings. The average molecular weight is 798 g/mol. The van der Waals surface area contributed by atoms with Crippen molar-refractivity contribution in [1.29, 1.82) is 0 Å². The van der Waals surface area contributed by atoms with Gasteiger partial charge in [0.2, 0.25) is 42.2 Å². The quantitative estimate of drug-likeness (QED) is 0.0354. The Morgan fingerprint density at radius 2 is 1.80 bits per heavy atom. The van der Waals surface area contributed by atoms with E-state index in [2.05, 4.69) is 26.3 Å². The van der Waals surface area contributed by atoms with Crippen molar-refractivity contribution in [2.24, 2.45) is 4.99 Å². The predicted octanol–water partition coefficient (Wildman–Crippen LogP) is -5.40. The van der Waals surface area contributed by atoms with Gasteiger partial charge in [-0.15, -0.1) is 0 Å². The molecule has 0 spiro atoms. The van der Waals surface area contributed by atoms with Crippen molar-refractivity contribution in [3.63, 3.8) is 0 Å². The smallest absolute Gasteiger partial charge is 0.268 e. The minimum Gasteiger partial charge on any atom is -0.475 e. The molecule has 0 unspecified atom stereocenters. The van der Waals surface area contributed by atoms with Crippen LogP contribution in [0.4, 0.5) is 0 Å². The highest BCUT2D eigenvalue weighted by Gasteiger charge is 2.45. The number of amides is 6. The van der Waals surface area contributed by atoms with Gasteiger partial charge in [0, 0.05) is 26.1 Å². The zero-order valence-corrected chi connectivity index (χ0v) is 30.0. The summed E-state index contributed by atoms with van der Waals surface area (Å²) < 4.78 is 16.8. The molecule has 4 rings (SSSR count). The highest BCUT2D eigenvalue weighted by Crippen LogP contribution is 2.28. The molecule has 23 nitrogen and oxygen atoms in total. The van der Waals surface area contributed by atoms with Gasteiger partial charge in [-0.1, -0.05) is 12.1 Å². The lowest BCUT2D eigenvalue weighted by Gasteiger charge is -2.39. The molecular formula is C33H47N7O16. The molecule has 1 aromatic carbocycles. The van der Waals surface area contributed by atoms with Crippen molar-refractivity contribution in [3.8, 4) is 5.75 Å². The first kappa shape index (κ1) is 43.7. The number of carbonyl (C=O) groups is 6. The normalized spacial score (nSPS) is 25.8. The number of aliphatic hydroxyl groups is 5. The van der Waals surface area contributed by atoms with Gasteiger partial charge in [-0.25, -0.2) is 15.1 Å². The number of carbonyl (C=O) groups excluding carboxylic acids is 6. The molecule has 3 aliphatic heterocycles. The van der Waals surface area contributed by atoms with Gasteiger partial charge in [0.15, 0.2) is 6.04 Å². The second-order valence-corrected chi connectivity index (χ2v) is 13.1. The molecule has 2 saturated heterocycles. The fourth-order valence-electron chi connectivity index (χ4n) is 5.89. The van der Waals surface area contributed by atoms with Crippen molar-refractivity contribution in [3.05, 3.63) is 29.8 Å². The SMILES string of the molecule is O=CN(O)CCC[C@@H](NC(=O)[C@H](CO)NC(=O)[C@@H]1COC(c2ccccc2O[C@@H]2O[C@H](CO)[C@@H](O)[C@H](O)[C@H]2O)=N1)C(=O)NCCC(=O)N[C@@H]1CCCN(O)C1=O. The molecule has 56 heavy (non-hydrogen) atoms. The topological polar surface area (TPSA) is 339 Å². The summed E-state index contributed by atoms with van der Waals surface area (Å²) in [6, 6.07) is 1.04. The van der Waals surface area contributed by atoms with E-state index in [9.17, 15) is 64.7 Å². The highest BCUT2D eigenvalue weighted by atomic mass is 16.7. The van der Waals surface area contributed by atoms with Crippen LogP contribution in [0, 0.1) is 0 Å². The van der Waals surface area contributed by atoms with Gasteiger partial charge in [-0.2, -0.15) is 0 Å². The summed E-state index contributed by atoms with van der Waals surface area (Å²) >= 11 is 0. The molecular weight excluding hydrogens is 750 g/mol. The van der Waals surface area contributed by atoms with Gasteiger partial charge < -0.3 is 61.0 Å². The molecule has 0 saturated carbocycles. The Morgan fingerprint density at radius 1 is 1.05 bits per heavy atom. The Morgan fingerprint density at radius 3 is 2.52 bits per heavy atom. The molecule has 11 N–H and O–H groups in total. The lowest BCUT2D eigenvalue weighted by Crippen LogP contribution is -2.60. The van der Waals surface area contributed by atoms with Gasteiger partial charge in [0.1, 0.15) is 54.9 Å². The Bertz CT molecular complexity index is 1580. The molecule has 6 amide bonds. The zero-order valence-electron chi connectivity index (χ0n) is 30.0. The maximum atomic E-state index is 13.2. The van der Waals surface area contributed by atoms with Crippen molar-refractivity contribution < 1.29 is 78.9 Å². The predicted molar refractivity (Wildman–Crippen MR) is 184 cm³/mol. The number of aliphatic imine (C=N–C) groups is 1. The van der Waals surface area contributed by atoms with E-state index in [1.165, 1.54) is 12.1 Å². The number of benzene rings is 1. The standard InChI is InChI=1S/C33H47N7O16/c41-13-20(29(49)36-18(6-3-11-39(52)16-43)28(48)34-10-9-24(44)35-19-7-4-12-40(53)32(19)51)37-30(50)21-15-54-31(38-21)17-5-1-2-8-22(17)55-33-27(47)26(46)25(45)23(14-42)56-33/h1-2,5,8,16,18-21,23,25-27,33,41-42,45-47,52-53H,3-4,6-7,9-15H2,(H,34,48)(H,35,44)(H,36,49)(H,37,50)/t18-,19-,20+,21+,23-,25-,26+,27-,33-/m1/s1. The monoisotopic (exact) mass is 797 g/mol. The summed E-state index contributed by atoms with van der Waals surface area (Å²) in [5.41, 5.74) is 0.192. The number of hydroxylamine groups is 4. The molecule has 9 atom stereocenters. The van der Waals surface area contributed by atoms with Crippen LogP contribution in [-0.4, -0.2) is 182 Å². The van der Waals surface area contributed by atoms with Crippen LogP contribution in [0.1, 0.15) is 37.7 Å². The van der Waals surface area contributed by atoms with Crippen LogP contribution in [-0.2, 0) is 38.2 Å². The Kier molecular flexibility index (Phi) is 16.2. The van der Waals surface area contributed by atoms with Gasteiger partial charge in [-0.05, 0) is 37.8 Å². The first-order valence-electron chi connectivity index (χ1n) is 17.7. The number of nitrogens with one attached hydrogen (secondary N) is 4. The van der Waals surface area contributed by atoms with Crippen LogP contribution >= 0.6 is 0 Å². The van der Waals surface area contributed by atoms with Crippen molar-refractivity contribution in [1.82, 2.24) is 31.4 Å². The second-order valence-electron chi connectivity index (χ2n) is 13.1. The van der Waals surface area contributed by atoms with Gasteiger partial charge in [-0.3, -0.25) is 39.2 Å². The second kappa shape index (κ2) is 20.8. The molecule has 2 fully saturated rings. The number of ether oxygens (including phenoxy) is 3. The average Bonchev–Trinajstić information content (AvgIpc) is 3.69. The third kappa shape index (κ3) is 11.5. The molecule has 23 heteroatoms. The first-order valence-corrected chi connectivity index (χ1v) is 17.7. The van der Waals surface area contributed by atoms with Crippen LogP contribution in [0.15, 0.2) is 29.3 Å². The van der Waals surface area contributed by atoms with E-state index in [1.807, 2.05) is 0 Å². The van der Waals surface area contributed by atoms with E-state index in [-0.39, 0.29) is 69.1 Å². The maximum absolute atomic E-state index is 13.2. The summed E-state index contributed by atoms with van der Waals surface area (Å²) in [6.45, 7) is -2.18. The summed E-state index contributed by atoms with van der Waals surface area (Å²) in [5.74, 6) is -3.91. The van der Waals surface area contributed by atoms with Crippen LogP contribution in [0.25, 0.3) is 0 Å². The van der Waals surface area contributed by atoms with Crippen LogP contribution < -0.4 is 26.0 Å². The fourth-order valence-corrected chi connectivity index (χ4v) is 5.89. The number of para-hydroxylation sites is 1. The minimum absolute atomic E-state index is 0.0180. The van der Waals surface area contributed by atoms with E-state index in [0.29, 0.717) is 23.0 Å². The third-order valence-electron chi connectivity index (χ3n) is 9.01. The lowest BCUT2D eigenvalue weighted by molar-refractivity contribution is -0.277. The fraction of sp³-hybridized carbons (Fsp3) is 0.606. The summed E-state index contributed by atoms with van der Waals surface area (Å²) in [6.07, 6.45) is -7.21. The molecule has 310 valence electrons. The van der Waals surface area contributed by atoms with Gasteiger partial charge >= 0.3 is 0 Å². The Hall–Kier alpha value is -5.01. The first-order chi connectivity index (χ1) is 26.8. The van der Waals surface area contributed by atoms with E-state index >= 15 is 0 Å². The number of hydrogen-bond donors (Lipinski definition) is 11. The van der Waals surface area contributed by atoms with Crippen molar-refractivity contribution in [2.75, 3.05) is 39.5 Å². The van der Waals surface area contributed by atoms with Crippen molar-refractivity contribution >= 4 is 41.8 Å². The summed E-state index contributed by atoms with van der Waals surface area (Å²) in [7, 11) is 0. The van der Waals surface area contributed by atoms with E-state index in [4.69, 9.17) is 14.2 Å². The summed E-state index contributed by atoms with van der Waals surface area (Å²) in [5, 5.41) is 79.7. The minimum atomic E-state index is -1.71. The third-order valence-corrected chi connectivity index (χ3v) is 9.01. The lowest BCUT2D eigenvalue weighted by atomic mass is 9.99. The molecule has 0 aromatic heterocycles. The van der Waals surface area contributed by atoms with Gasteiger partial charge in [0.05, 0.1) is 18.8 Å². The number of rotatable bonds is 19. The number of nitrogens with zero attached hydrogens (tertiary/aromatic N) is 3. The van der Waals surface area contributed by atoms with Crippen LogP contribution in [0.2, 0.25) is 0 Å². The number of piperidine rings is 1. The van der Waals surface area contributed by atoms with E-state index < -0.39 is 97.6 Å². The zero-order chi connectivity index (χ0) is 40.9. The molecule has 0 radical (unpaired) electrons. The molecule has 3 heterocycles. The summed E-state index contributed by atoms with van der Waals surface area (Å²) in [4.78, 5) is 79.0. The molecule has 0 bridgehead atoms. The molecule has 0 aliphatic carbocycles.